The van der Waals surface area contributed by atoms with Crippen LogP contribution in [0.2, 0.25) is 0 Å². The number of amides is 1. The van der Waals surface area contributed by atoms with Crippen LogP contribution in [0, 0.1) is 0 Å². The molecular weight excluding hydrogens is 328 g/mol. The van der Waals surface area contributed by atoms with Crippen molar-refractivity contribution in [1.29, 1.82) is 0 Å². The lowest BCUT2D eigenvalue weighted by molar-refractivity contribution is 0.0662. The number of methoxy groups -OCH3 is 1. The molecule has 1 amide bonds. The van der Waals surface area contributed by atoms with Gasteiger partial charge in [-0.25, -0.2) is 4.68 Å². The van der Waals surface area contributed by atoms with Crippen molar-refractivity contribution in [2.24, 2.45) is 0 Å². The SMILES string of the molecule is CCc1nn(-c2ccc(OC)cc2)c(CC)c1C(=O)N1CCN(C)CC1. The van der Waals surface area contributed by atoms with E-state index in [1.165, 1.54) is 0 Å². The first kappa shape index (κ1) is 18.5. The third-order valence-electron chi connectivity index (χ3n) is 5.04. The molecule has 6 heteroatoms. The lowest BCUT2D eigenvalue weighted by atomic mass is 10.1. The summed E-state index contributed by atoms with van der Waals surface area (Å²) in [7, 11) is 3.75. The van der Waals surface area contributed by atoms with Gasteiger partial charge in [-0.3, -0.25) is 4.79 Å². The minimum absolute atomic E-state index is 0.117. The summed E-state index contributed by atoms with van der Waals surface area (Å²) in [4.78, 5) is 17.5. The fraction of sp³-hybridized carbons (Fsp3) is 0.500. The molecule has 2 heterocycles. The lowest BCUT2D eigenvalue weighted by Crippen LogP contribution is -2.47. The number of benzene rings is 1. The zero-order valence-corrected chi connectivity index (χ0v) is 16.2. The van der Waals surface area contributed by atoms with Crippen molar-refractivity contribution < 1.29 is 9.53 Å². The molecule has 0 radical (unpaired) electrons. The van der Waals surface area contributed by atoms with Gasteiger partial charge < -0.3 is 14.5 Å². The van der Waals surface area contributed by atoms with Gasteiger partial charge in [0.05, 0.1) is 29.7 Å². The second-order valence-corrected chi connectivity index (χ2v) is 6.68. The molecule has 6 nitrogen and oxygen atoms in total. The highest BCUT2D eigenvalue weighted by Crippen LogP contribution is 2.24. The Morgan fingerprint density at radius 3 is 2.27 bits per heavy atom. The molecule has 0 spiro atoms. The molecular formula is C20H28N4O2. The number of aromatic nitrogens is 2. The molecule has 1 saturated heterocycles. The van der Waals surface area contributed by atoms with Crippen molar-refractivity contribution >= 4 is 5.91 Å². The molecule has 0 atom stereocenters. The fourth-order valence-electron chi connectivity index (χ4n) is 3.43. The van der Waals surface area contributed by atoms with Gasteiger partial charge in [0.2, 0.25) is 0 Å². The van der Waals surface area contributed by atoms with Crippen LogP contribution in [0.15, 0.2) is 24.3 Å². The lowest BCUT2D eigenvalue weighted by Gasteiger charge is -2.32. The molecule has 0 N–H and O–H groups in total. The zero-order valence-electron chi connectivity index (χ0n) is 16.2. The molecule has 0 unspecified atom stereocenters. The predicted octanol–water partition coefficient (Wildman–Crippen LogP) is 2.39. The Morgan fingerprint density at radius 2 is 1.73 bits per heavy atom. The van der Waals surface area contributed by atoms with Crippen LogP contribution >= 0.6 is 0 Å². The molecule has 0 saturated carbocycles. The van der Waals surface area contributed by atoms with Gasteiger partial charge in [0.25, 0.3) is 5.91 Å². The van der Waals surface area contributed by atoms with Gasteiger partial charge in [-0.2, -0.15) is 5.10 Å². The minimum atomic E-state index is 0.117. The van der Waals surface area contributed by atoms with Gasteiger partial charge in [0.1, 0.15) is 5.75 Å². The smallest absolute Gasteiger partial charge is 0.257 e. The topological polar surface area (TPSA) is 50.6 Å². The highest BCUT2D eigenvalue weighted by molar-refractivity contribution is 5.96. The van der Waals surface area contributed by atoms with Crippen molar-refractivity contribution in [3.63, 3.8) is 0 Å². The number of piperazine rings is 1. The monoisotopic (exact) mass is 356 g/mol. The van der Waals surface area contributed by atoms with E-state index in [0.717, 1.165) is 67.4 Å². The Balaban J connectivity index is 1.99. The van der Waals surface area contributed by atoms with Gasteiger partial charge in [-0.05, 0) is 44.2 Å². The number of rotatable bonds is 5. The van der Waals surface area contributed by atoms with Gasteiger partial charge in [0, 0.05) is 26.2 Å². The second-order valence-electron chi connectivity index (χ2n) is 6.68. The van der Waals surface area contributed by atoms with Gasteiger partial charge in [-0.15, -0.1) is 0 Å². The molecule has 3 rings (SSSR count). The van der Waals surface area contributed by atoms with Gasteiger partial charge in [0.15, 0.2) is 0 Å². The highest BCUT2D eigenvalue weighted by atomic mass is 16.5. The molecule has 0 aliphatic carbocycles. The first-order valence-corrected chi connectivity index (χ1v) is 9.32. The number of carbonyl (C=O) groups is 1. The van der Waals surface area contributed by atoms with Crippen LogP contribution < -0.4 is 4.74 Å². The van der Waals surface area contributed by atoms with E-state index in [2.05, 4.69) is 25.8 Å². The van der Waals surface area contributed by atoms with Crippen molar-refractivity contribution in [2.75, 3.05) is 40.3 Å². The maximum atomic E-state index is 13.2. The van der Waals surface area contributed by atoms with Crippen LogP contribution in [-0.2, 0) is 12.8 Å². The van der Waals surface area contributed by atoms with Crippen LogP contribution in [0.3, 0.4) is 0 Å². The molecule has 1 fully saturated rings. The third-order valence-corrected chi connectivity index (χ3v) is 5.04. The Labute approximate surface area is 155 Å². The van der Waals surface area contributed by atoms with E-state index in [1.807, 2.05) is 33.8 Å². The summed E-state index contributed by atoms with van der Waals surface area (Å²) in [5, 5.41) is 4.77. The predicted molar refractivity (Wildman–Crippen MR) is 102 cm³/mol. The number of nitrogens with zero attached hydrogens (tertiary/aromatic N) is 4. The highest BCUT2D eigenvalue weighted by Gasteiger charge is 2.28. The zero-order chi connectivity index (χ0) is 18.7. The number of hydrogen-bond donors (Lipinski definition) is 0. The molecule has 26 heavy (non-hydrogen) atoms. The Morgan fingerprint density at radius 1 is 1.08 bits per heavy atom. The molecule has 140 valence electrons. The largest absolute Gasteiger partial charge is 0.497 e. The van der Waals surface area contributed by atoms with Crippen molar-refractivity contribution in [3.8, 4) is 11.4 Å². The summed E-state index contributed by atoms with van der Waals surface area (Å²) in [6, 6.07) is 7.80. The summed E-state index contributed by atoms with van der Waals surface area (Å²) < 4.78 is 7.16. The summed E-state index contributed by atoms with van der Waals surface area (Å²) in [6.45, 7) is 7.52. The van der Waals surface area contributed by atoms with Crippen molar-refractivity contribution in [2.45, 2.75) is 26.7 Å². The van der Waals surface area contributed by atoms with Crippen molar-refractivity contribution in [1.82, 2.24) is 19.6 Å². The number of ether oxygens (including phenoxy) is 1. The van der Waals surface area contributed by atoms with Gasteiger partial charge >= 0.3 is 0 Å². The molecule has 0 bridgehead atoms. The average molecular weight is 356 g/mol. The average Bonchev–Trinajstić information content (AvgIpc) is 3.06. The van der Waals surface area contributed by atoms with E-state index < -0.39 is 0 Å². The Kier molecular flexibility index (Phi) is 5.61. The molecule has 1 aromatic heterocycles. The number of likely N-dealkylation sites (N-methyl/N-ethyl adjacent to an activating group) is 1. The molecule has 2 aromatic rings. The van der Waals surface area contributed by atoms with Crippen LogP contribution in [0.5, 0.6) is 5.75 Å². The third kappa shape index (κ3) is 3.46. The number of hydrogen-bond acceptors (Lipinski definition) is 4. The molecule has 1 aliphatic rings. The number of carbonyl (C=O) groups excluding carboxylic acids is 1. The van der Waals surface area contributed by atoms with E-state index in [0.29, 0.717) is 0 Å². The maximum Gasteiger partial charge on any atom is 0.257 e. The van der Waals surface area contributed by atoms with Crippen LogP contribution in [0.1, 0.15) is 35.6 Å². The Bertz CT molecular complexity index is 759. The fourth-order valence-corrected chi connectivity index (χ4v) is 3.43. The van der Waals surface area contributed by atoms with E-state index in [1.54, 1.807) is 7.11 Å². The van der Waals surface area contributed by atoms with Gasteiger partial charge in [-0.1, -0.05) is 13.8 Å². The van der Waals surface area contributed by atoms with Crippen molar-refractivity contribution in [3.05, 3.63) is 41.2 Å². The summed E-state index contributed by atoms with van der Waals surface area (Å²) in [6.07, 6.45) is 1.50. The van der Waals surface area contributed by atoms with Crippen LogP contribution in [-0.4, -0.2) is 65.8 Å². The van der Waals surface area contributed by atoms with E-state index in [-0.39, 0.29) is 5.91 Å². The first-order valence-electron chi connectivity index (χ1n) is 9.32. The summed E-state index contributed by atoms with van der Waals surface area (Å²) in [5.41, 5.74) is 3.60. The first-order chi connectivity index (χ1) is 12.6. The Hall–Kier alpha value is -2.34. The van der Waals surface area contributed by atoms with E-state index in [9.17, 15) is 4.79 Å². The normalized spacial score (nSPS) is 15.3. The van der Waals surface area contributed by atoms with E-state index in [4.69, 9.17) is 9.84 Å². The van der Waals surface area contributed by atoms with Crippen LogP contribution in [0.4, 0.5) is 0 Å². The number of aryl methyl sites for hydroxylation is 1. The second kappa shape index (κ2) is 7.91. The standard InChI is InChI=1S/C20H28N4O2/c1-5-17-19(20(25)23-13-11-22(3)12-14-23)18(6-2)24(21-17)15-7-9-16(26-4)10-8-15/h7-10H,5-6,11-14H2,1-4H3. The summed E-state index contributed by atoms with van der Waals surface area (Å²) >= 11 is 0. The summed E-state index contributed by atoms with van der Waals surface area (Å²) in [5.74, 6) is 0.926. The van der Waals surface area contributed by atoms with E-state index >= 15 is 0 Å². The maximum absolute atomic E-state index is 13.2. The molecule has 1 aliphatic heterocycles. The van der Waals surface area contributed by atoms with Crippen LogP contribution in [0.25, 0.3) is 5.69 Å². The minimum Gasteiger partial charge on any atom is -0.497 e. The molecule has 1 aromatic carbocycles. The quantitative estimate of drug-likeness (QED) is 0.825.